The molecule has 3 rings (SSSR count). The first kappa shape index (κ1) is 13.5. The van der Waals surface area contributed by atoms with Crippen LogP contribution in [0.4, 0.5) is 0 Å². The Bertz CT molecular complexity index is 849. The van der Waals surface area contributed by atoms with Gasteiger partial charge in [0.25, 0.3) is 11.5 Å². The number of hydrogen-bond acceptors (Lipinski definition) is 5. The van der Waals surface area contributed by atoms with Gasteiger partial charge in [0.05, 0.1) is 28.8 Å². The number of aryl methyl sites for hydroxylation is 1. The Balaban J connectivity index is 1.93. The van der Waals surface area contributed by atoms with E-state index in [-0.39, 0.29) is 17.5 Å². The van der Waals surface area contributed by atoms with Crippen molar-refractivity contribution in [1.82, 2.24) is 25.5 Å². The van der Waals surface area contributed by atoms with Gasteiger partial charge in [-0.2, -0.15) is 5.10 Å². The van der Waals surface area contributed by atoms with Gasteiger partial charge in [-0.3, -0.25) is 14.7 Å². The van der Waals surface area contributed by atoms with E-state index in [1.165, 1.54) is 17.7 Å². The maximum Gasteiger partial charge on any atom is 0.262 e. The first-order valence-corrected chi connectivity index (χ1v) is 7.16. The summed E-state index contributed by atoms with van der Waals surface area (Å²) in [5.74, 6) is -0.219. The highest BCUT2D eigenvalue weighted by atomic mass is 32.1. The number of aromatic amines is 2. The molecule has 3 N–H and O–H groups in total. The first-order valence-electron chi connectivity index (χ1n) is 6.34. The van der Waals surface area contributed by atoms with Gasteiger partial charge >= 0.3 is 0 Å². The smallest absolute Gasteiger partial charge is 0.262 e. The molecule has 1 atom stereocenters. The predicted octanol–water partition coefficient (Wildman–Crippen LogP) is 1.51. The Labute approximate surface area is 123 Å². The quantitative estimate of drug-likeness (QED) is 0.682. The lowest BCUT2D eigenvalue weighted by atomic mass is 10.1. The number of fused-ring (bicyclic) bond motifs is 1. The Morgan fingerprint density at radius 1 is 1.48 bits per heavy atom. The molecule has 0 bridgehead atoms. The summed E-state index contributed by atoms with van der Waals surface area (Å²) in [4.78, 5) is 31.9. The Kier molecular flexibility index (Phi) is 3.30. The molecular weight excluding hydrogens is 290 g/mol. The summed E-state index contributed by atoms with van der Waals surface area (Å²) in [6.45, 7) is 3.63. The number of carbonyl (C=O) groups is 1. The highest BCUT2D eigenvalue weighted by Gasteiger charge is 2.20. The normalized spacial score (nSPS) is 12.5. The van der Waals surface area contributed by atoms with E-state index < -0.39 is 0 Å². The van der Waals surface area contributed by atoms with Crippen LogP contribution in [0.15, 0.2) is 23.5 Å². The van der Waals surface area contributed by atoms with E-state index in [0.717, 1.165) is 5.56 Å². The number of amides is 1. The van der Waals surface area contributed by atoms with Gasteiger partial charge < -0.3 is 10.3 Å². The van der Waals surface area contributed by atoms with Crippen molar-refractivity contribution >= 4 is 27.5 Å². The summed E-state index contributed by atoms with van der Waals surface area (Å²) in [5.41, 5.74) is 1.31. The van der Waals surface area contributed by atoms with Crippen LogP contribution in [0.25, 0.3) is 10.2 Å². The van der Waals surface area contributed by atoms with Crippen LogP contribution in [-0.4, -0.2) is 26.1 Å². The van der Waals surface area contributed by atoms with Crippen LogP contribution < -0.4 is 10.9 Å². The minimum Gasteiger partial charge on any atom is -0.345 e. The van der Waals surface area contributed by atoms with E-state index in [9.17, 15) is 9.59 Å². The summed E-state index contributed by atoms with van der Waals surface area (Å²) < 4.78 is 0. The second-order valence-electron chi connectivity index (χ2n) is 4.69. The van der Waals surface area contributed by atoms with Gasteiger partial charge in [0.1, 0.15) is 4.83 Å². The molecule has 7 nitrogen and oxygen atoms in total. The van der Waals surface area contributed by atoms with Gasteiger partial charge in [-0.1, -0.05) is 0 Å². The van der Waals surface area contributed by atoms with Crippen molar-refractivity contribution in [3.05, 3.63) is 45.1 Å². The summed E-state index contributed by atoms with van der Waals surface area (Å²) in [5, 5.41) is 9.93. The standard InChI is InChI=1S/C13H13N5O2S/c1-6-9-11(19)14-5-15-13(9)21-10(6)12(20)18-7(2)8-3-16-17-4-8/h3-5,7H,1-2H3,(H,16,17)(H,18,20)(H,14,15,19). The number of aromatic nitrogens is 4. The van der Waals surface area contributed by atoms with Crippen molar-refractivity contribution in [2.75, 3.05) is 0 Å². The molecule has 108 valence electrons. The lowest BCUT2D eigenvalue weighted by Crippen LogP contribution is -2.26. The molecule has 0 saturated heterocycles. The van der Waals surface area contributed by atoms with E-state index in [1.54, 1.807) is 19.3 Å². The first-order chi connectivity index (χ1) is 10.1. The maximum atomic E-state index is 12.4. The monoisotopic (exact) mass is 303 g/mol. The zero-order valence-corrected chi connectivity index (χ0v) is 12.2. The Morgan fingerprint density at radius 2 is 2.29 bits per heavy atom. The molecule has 0 spiro atoms. The number of rotatable bonds is 3. The average molecular weight is 303 g/mol. The second kappa shape index (κ2) is 5.13. The third-order valence-corrected chi connectivity index (χ3v) is 4.50. The summed E-state index contributed by atoms with van der Waals surface area (Å²) in [6, 6.07) is -0.174. The van der Waals surface area contributed by atoms with Crippen molar-refractivity contribution in [3.8, 4) is 0 Å². The molecule has 0 radical (unpaired) electrons. The van der Waals surface area contributed by atoms with Crippen LogP contribution in [-0.2, 0) is 0 Å². The van der Waals surface area contributed by atoms with E-state index in [1.807, 2.05) is 6.92 Å². The zero-order chi connectivity index (χ0) is 15.0. The molecule has 0 aliphatic heterocycles. The molecule has 0 saturated carbocycles. The van der Waals surface area contributed by atoms with Crippen molar-refractivity contribution in [2.24, 2.45) is 0 Å². The minimum absolute atomic E-state index is 0.174. The highest BCUT2D eigenvalue weighted by Crippen LogP contribution is 2.26. The van der Waals surface area contributed by atoms with E-state index in [4.69, 9.17) is 0 Å². The summed E-state index contributed by atoms with van der Waals surface area (Å²) in [7, 11) is 0. The van der Waals surface area contributed by atoms with Gasteiger partial charge in [0.2, 0.25) is 0 Å². The fourth-order valence-corrected chi connectivity index (χ4v) is 3.19. The molecule has 0 aliphatic carbocycles. The topological polar surface area (TPSA) is 104 Å². The summed E-state index contributed by atoms with van der Waals surface area (Å²) >= 11 is 1.22. The maximum absolute atomic E-state index is 12.4. The molecule has 1 unspecified atom stereocenters. The van der Waals surface area contributed by atoms with Crippen molar-refractivity contribution < 1.29 is 4.79 Å². The molecule has 0 aromatic carbocycles. The minimum atomic E-state index is -0.226. The van der Waals surface area contributed by atoms with Gasteiger partial charge in [-0.25, -0.2) is 4.98 Å². The van der Waals surface area contributed by atoms with Crippen LogP contribution in [0.1, 0.15) is 33.8 Å². The number of carbonyl (C=O) groups excluding carboxylic acids is 1. The van der Waals surface area contributed by atoms with E-state index in [2.05, 4.69) is 25.5 Å². The average Bonchev–Trinajstić information content (AvgIpc) is 3.07. The highest BCUT2D eigenvalue weighted by molar-refractivity contribution is 7.20. The number of nitrogens with one attached hydrogen (secondary N) is 3. The summed E-state index contributed by atoms with van der Waals surface area (Å²) in [6.07, 6.45) is 4.74. The second-order valence-corrected chi connectivity index (χ2v) is 5.69. The van der Waals surface area contributed by atoms with Crippen molar-refractivity contribution in [3.63, 3.8) is 0 Å². The van der Waals surface area contributed by atoms with Crippen LogP contribution in [0.2, 0.25) is 0 Å². The van der Waals surface area contributed by atoms with Crippen LogP contribution in [0.5, 0.6) is 0 Å². The fraction of sp³-hybridized carbons (Fsp3) is 0.231. The van der Waals surface area contributed by atoms with Crippen LogP contribution in [0, 0.1) is 6.92 Å². The van der Waals surface area contributed by atoms with Gasteiger partial charge in [0, 0.05) is 11.8 Å². The van der Waals surface area contributed by atoms with Gasteiger partial charge in [-0.05, 0) is 19.4 Å². The molecule has 3 heterocycles. The molecular formula is C13H13N5O2S. The molecule has 21 heavy (non-hydrogen) atoms. The molecule has 3 aromatic rings. The van der Waals surface area contributed by atoms with Gasteiger partial charge in [-0.15, -0.1) is 11.3 Å². The lowest BCUT2D eigenvalue weighted by molar-refractivity contribution is 0.0943. The molecule has 3 aromatic heterocycles. The number of H-pyrrole nitrogens is 2. The van der Waals surface area contributed by atoms with Crippen LogP contribution >= 0.6 is 11.3 Å². The number of nitrogens with zero attached hydrogens (tertiary/aromatic N) is 2. The third kappa shape index (κ3) is 2.33. The molecule has 8 heteroatoms. The third-order valence-electron chi connectivity index (χ3n) is 3.31. The van der Waals surface area contributed by atoms with Crippen molar-refractivity contribution in [1.29, 1.82) is 0 Å². The Hall–Kier alpha value is -2.48. The van der Waals surface area contributed by atoms with Crippen LogP contribution in [0.3, 0.4) is 0 Å². The molecule has 0 aliphatic rings. The number of thiophene rings is 1. The van der Waals surface area contributed by atoms with Crippen molar-refractivity contribution in [2.45, 2.75) is 19.9 Å². The van der Waals surface area contributed by atoms with E-state index >= 15 is 0 Å². The molecule has 1 amide bonds. The SMILES string of the molecule is Cc1c(C(=O)NC(C)c2cn[nH]c2)sc2nc[nH]c(=O)c12. The van der Waals surface area contributed by atoms with Gasteiger partial charge in [0.15, 0.2) is 0 Å². The predicted molar refractivity (Wildman–Crippen MR) is 79.4 cm³/mol. The molecule has 0 fully saturated rings. The van der Waals surface area contributed by atoms with E-state index in [0.29, 0.717) is 20.7 Å². The number of hydrogen-bond donors (Lipinski definition) is 3. The fourth-order valence-electron chi connectivity index (χ4n) is 2.14. The largest absolute Gasteiger partial charge is 0.345 e. The lowest BCUT2D eigenvalue weighted by Gasteiger charge is -2.11. The Morgan fingerprint density at radius 3 is 2.95 bits per heavy atom. The zero-order valence-electron chi connectivity index (χ0n) is 11.4.